The Kier molecular flexibility index (Phi) is 6.28. The highest BCUT2D eigenvalue weighted by Gasteiger charge is 2.80. The zero-order valence-corrected chi connectivity index (χ0v) is 24.6. The van der Waals surface area contributed by atoms with Crippen LogP contribution in [0.2, 0.25) is 0 Å². The second-order valence-electron chi connectivity index (χ2n) is 13.1. The number of ether oxygens (including phenoxy) is 1. The summed E-state index contributed by atoms with van der Waals surface area (Å²) in [5.41, 5.74) is -4.77. The number of benzene rings is 2. The van der Waals surface area contributed by atoms with E-state index in [2.05, 4.69) is 0 Å². The fraction of sp³-hybridized carbons (Fsp3) is 0.441. The average molecular weight is 587 g/mol. The molecule has 7 atom stereocenters. The molecule has 1 heterocycles. The van der Waals surface area contributed by atoms with Gasteiger partial charge < -0.3 is 20.1 Å². The van der Waals surface area contributed by atoms with Gasteiger partial charge in [0.15, 0.2) is 28.7 Å². The summed E-state index contributed by atoms with van der Waals surface area (Å²) in [6.07, 6.45) is 0.631. The fourth-order valence-corrected chi connectivity index (χ4v) is 8.57. The van der Waals surface area contributed by atoms with E-state index in [9.17, 15) is 39.3 Å². The Balaban J connectivity index is 1.68. The van der Waals surface area contributed by atoms with E-state index >= 15 is 0 Å². The second-order valence-corrected chi connectivity index (χ2v) is 13.1. The average Bonchev–Trinajstić information content (AvgIpc) is 3.40. The summed E-state index contributed by atoms with van der Waals surface area (Å²) in [4.78, 5) is 69.2. The molecule has 0 spiro atoms. The molecule has 2 saturated carbocycles. The van der Waals surface area contributed by atoms with Gasteiger partial charge >= 0.3 is 0 Å². The minimum atomic E-state index is -3.02. The van der Waals surface area contributed by atoms with Crippen LogP contribution in [-0.2, 0) is 25.6 Å². The number of carbonyl (C=O) groups excluding carboxylic acids is 5. The number of phenols is 1. The first-order valence-corrected chi connectivity index (χ1v) is 14.5. The summed E-state index contributed by atoms with van der Waals surface area (Å²) >= 11 is 0. The monoisotopic (exact) mass is 586 g/mol. The van der Waals surface area contributed by atoms with Crippen LogP contribution in [0.1, 0.15) is 61.7 Å². The maximum atomic E-state index is 14.7. The van der Waals surface area contributed by atoms with Crippen molar-refractivity contribution in [2.45, 2.75) is 52.7 Å². The summed E-state index contributed by atoms with van der Waals surface area (Å²) < 4.78 is 5.63. The number of aromatic hydroxyl groups is 1. The van der Waals surface area contributed by atoms with Crippen molar-refractivity contribution in [1.29, 1.82) is 0 Å². The lowest BCUT2D eigenvalue weighted by Gasteiger charge is -2.64. The van der Waals surface area contributed by atoms with Gasteiger partial charge in [-0.25, -0.2) is 0 Å². The van der Waals surface area contributed by atoms with Crippen molar-refractivity contribution in [2.75, 3.05) is 6.61 Å². The van der Waals surface area contributed by atoms with Gasteiger partial charge in [-0.15, -0.1) is 0 Å². The number of rotatable bonds is 3. The Morgan fingerprint density at radius 1 is 1.07 bits per heavy atom. The van der Waals surface area contributed by atoms with Gasteiger partial charge in [0.2, 0.25) is 0 Å². The first kappa shape index (κ1) is 29.1. The third-order valence-corrected chi connectivity index (χ3v) is 10.5. The lowest BCUT2D eigenvalue weighted by Crippen LogP contribution is -2.81. The van der Waals surface area contributed by atoms with Crippen molar-refractivity contribution in [3.8, 4) is 11.5 Å². The van der Waals surface area contributed by atoms with Crippen molar-refractivity contribution in [1.82, 2.24) is 0 Å². The van der Waals surface area contributed by atoms with E-state index < -0.39 is 80.9 Å². The van der Waals surface area contributed by atoms with Crippen molar-refractivity contribution in [3.05, 3.63) is 58.7 Å². The Labute approximate surface area is 248 Å². The number of Topliss-reactive ketones (excluding diaryl/α,β-unsaturated/α-hetero) is 5. The maximum Gasteiger partial charge on any atom is 0.191 e. The van der Waals surface area contributed by atoms with Crippen molar-refractivity contribution >= 4 is 40.6 Å². The van der Waals surface area contributed by atoms with Gasteiger partial charge in [0, 0.05) is 23.2 Å². The molecule has 0 amide bonds. The summed E-state index contributed by atoms with van der Waals surface area (Å²) in [6.45, 7) is 7.76. The van der Waals surface area contributed by atoms with Crippen LogP contribution < -0.4 is 4.74 Å². The molecule has 3 aliphatic carbocycles. The number of hydrogen-bond acceptors (Lipinski definition) is 9. The molecule has 43 heavy (non-hydrogen) atoms. The maximum absolute atomic E-state index is 14.7. The van der Waals surface area contributed by atoms with Crippen molar-refractivity contribution < 1.29 is 44.0 Å². The van der Waals surface area contributed by atoms with Gasteiger partial charge in [-0.3, -0.25) is 24.0 Å². The van der Waals surface area contributed by atoms with Crippen LogP contribution in [0.5, 0.6) is 11.5 Å². The summed E-state index contributed by atoms with van der Waals surface area (Å²) in [7, 11) is 0. The highest BCUT2D eigenvalue weighted by Crippen LogP contribution is 2.66. The zero-order chi connectivity index (χ0) is 31.4. The molecule has 9 nitrogen and oxygen atoms in total. The van der Waals surface area contributed by atoms with E-state index in [1.165, 1.54) is 19.9 Å². The molecule has 2 aromatic rings. The Morgan fingerprint density at radius 2 is 1.77 bits per heavy atom. The van der Waals surface area contributed by atoms with Gasteiger partial charge in [-0.05, 0) is 53.3 Å². The summed E-state index contributed by atoms with van der Waals surface area (Å²) in [6, 6.07) is 9.97. The van der Waals surface area contributed by atoms with E-state index in [1.807, 2.05) is 12.1 Å². The molecule has 2 aromatic carbocycles. The van der Waals surface area contributed by atoms with Crippen LogP contribution in [0.25, 0.3) is 11.6 Å². The third kappa shape index (κ3) is 3.43. The number of ketones is 5. The molecule has 224 valence electrons. The molecule has 3 N–H and O–H groups in total. The molecule has 0 aromatic heterocycles. The number of hydrogen-bond donors (Lipinski definition) is 3. The van der Waals surface area contributed by atoms with Crippen LogP contribution in [0.3, 0.4) is 0 Å². The lowest BCUT2D eigenvalue weighted by molar-refractivity contribution is -0.230. The Bertz CT molecular complexity index is 1680. The van der Waals surface area contributed by atoms with Crippen LogP contribution in [-0.4, -0.2) is 62.5 Å². The van der Waals surface area contributed by atoms with Gasteiger partial charge in [-0.1, -0.05) is 52.0 Å². The first-order chi connectivity index (χ1) is 20.1. The van der Waals surface area contributed by atoms with Gasteiger partial charge in [-0.2, -0.15) is 0 Å². The van der Waals surface area contributed by atoms with E-state index in [4.69, 9.17) is 4.74 Å². The smallest absolute Gasteiger partial charge is 0.191 e. The quantitative estimate of drug-likeness (QED) is 0.460. The standard InChI is InChI=1S/C34H34O9/c1-15(2)25-27(37)23(16(3)35)29(39)34(42)30(40)26-28(38)24-19(7-6-8-21(24)36)20(32(26,4)31(41)33(25,34)5)14-17-9-10-22-18(13-17)11-12-43-22/h6-10,13-15,23,25-26,31,36,41-42H,11-12H2,1-5H3/b20-14+/t23?,25?,26?,31-,32+,33+,34+/m1/s1. The zero-order valence-electron chi connectivity index (χ0n) is 24.6. The van der Waals surface area contributed by atoms with Gasteiger partial charge in [0.25, 0.3) is 0 Å². The van der Waals surface area contributed by atoms with Crippen LogP contribution >= 0.6 is 0 Å². The predicted octanol–water partition coefficient (Wildman–Crippen LogP) is 3.00. The lowest BCUT2D eigenvalue weighted by atomic mass is 9.38. The highest BCUT2D eigenvalue weighted by atomic mass is 16.5. The summed E-state index contributed by atoms with van der Waals surface area (Å²) in [5.74, 6) is -10.2. The molecule has 1 aliphatic heterocycles. The second kappa shape index (κ2) is 9.27. The minimum absolute atomic E-state index is 0.170. The number of carbonyl (C=O) groups is 5. The van der Waals surface area contributed by atoms with E-state index in [0.29, 0.717) is 24.2 Å². The number of phenolic OH excluding ortho intramolecular Hbond substituents is 1. The Morgan fingerprint density at radius 3 is 2.42 bits per heavy atom. The van der Waals surface area contributed by atoms with Crippen LogP contribution in [0.15, 0.2) is 36.4 Å². The van der Waals surface area contributed by atoms with Crippen LogP contribution in [0.4, 0.5) is 0 Å². The molecule has 3 unspecified atom stereocenters. The SMILES string of the molecule is CC(=O)C1C(=O)C(C(C)C)[C@@]2(C)[C@H](O)[C@@]3(C)/C(=C/c4ccc5c(c4)CCO5)c4cccc(O)c4C(=O)C3C(=O)[C@@]2(O)C1=O. The van der Waals surface area contributed by atoms with Crippen molar-refractivity contribution in [3.63, 3.8) is 0 Å². The third-order valence-electron chi connectivity index (χ3n) is 10.5. The largest absolute Gasteiger partial charge is 0.507 e. The molecule has 4 aliphatic rings. The molecular formula is C34H34O9. The first-order valence-electron chi connectivity index (χ1n) is 14.5. The Hall–Kier alpha value is -3.95. The molecule has 6 rings (SSSR count). The molecule has 9 heteroatoms. The molecule has 0 bridgehead atoms. The summed E-state index contributed by atoms with van der Waals surface area (Å²) in [5, 5.41) is 35.7. The number of aliphatic hydroxyl groups excluding tert-OH is 1. The number of fused-ring (bicyclic) bond motifs is 4. The van der Waals surface area contributed by atoms with E-state index in [1.54, 1.807) is 38.1 Å². The minimum Gasteiger partial charge on any atom is -0.507 e. The molecule has 0 radical (unpaired) electrons. The van der Waals surface area contributed by atoms with E-state index in [0.717, 1.165) is 18.2 Å². The molecule has 2 fully saturated rings. The van der Waals surface area contributed by atoms with Crippen molar-refractivity contribution in [2.24, 2.45) is 34.5 Å². The van der Waals surface area contributed by atoms with E-state index in [-0.39, 0.29) is 11.1 Å². The van der Waals surface area contributed by atoms with Gasteiger partial charge in [0.1, 0.15) is 23.2 Å². The topological polar surface area (TPSA) is 155 Å². The number of aliphatic hydroxyl groups is 2. The van der Waals surface area contributed by atoms with Crippen LogP contribution in [0, 0.1) is 34.5 Å². The van der Waals surface area contributed by atoms with Gasteiger partial charge in [0.05, 0.1) is 24.2 Å². The predicted molar refractivity (Wildman–Crippen MR) is 154 cm³/mol. The highest BCUT2D eigenvalue weighted by molar-refractivity contribution is 6.34. The normalized spacial score (nSPS) is 35.8. The molecule has 0 saturated heterocycles. The molecular weight excluding hydrogens is 552 g/mol. The fourth-order valence-electron chi connectivity index (χ4n) is 8.57.